The molecule has 0 fully saturated rings. The number of benzene rings is 2. The van der Waals surface area contributed by atoms with E-state index in [1.807, 2.05) is 37.4 Å². The van der Waals surface area contributed by atoms with Gasteiger partial charge in [-0.15, -0.1) is 0 Å². The van der Waals surface area contributed by atoms with E-state index in [1.165, 1.54) is 17.8 Å². The van der Waals surface area contributed by atoms with Crippen LogP contribution in [-0.4, -0.2) is 12.0 Å². The third-order valence-corrected chi connectivity index (χ3v) is 4.23. The topological polar surface area (TPSA) is 27.8 Å². The zero-order chi connectivity index (χ0) is 13.9. The highest BCUT2D eigenvalue weighted by Gasteiger charge is 2.11. The SMILES string of the molecule is CNCc1cccc(F)c1Sc1cc2ccccc2[nH]1. The molecule has 2 nitrogen and oxygen atoms in total. The van der Waals surface area contributed by atoms with E-state index in [2.05, 4.69) is 16.4 Å². The fourth-order valence-corrected chi connectivity index (χ4v) is 3.21. The lowest BCUT2D eigenvalue weighted by atomic mass is 10.2. The molecule has 3 rings (SSSR count). The van der Waals surface area contributed by atoms with Gasteiger partial charge >= 0.3 is 0 Å². The molecular weight excluding hydrogens is 271 g/mol. The van der Waals surface area contributed by atoms with E-state index in [9.17, 15) is 4.39 Å². The maximum absolute atomic E-state index is 14.1. The second-order valence-electron chi connectivity index (χ2n) is 4.58. The normalized spacial score (nSPS) is 11.1. The van der Waals surface area contributed by atoms with Crippen molar-refractivity contribution in [2.45, 2.75) is 16.5 Å². The van der Waals surface area contributed by atoms with Gasteiger partial charge < -0.3 is 10.3 Å². The first-order valence-corrected chi connectivity index (χ1v) is 7.27. The molecule has 3 aromatic rings. The number of aromatic nitrogens is 1. The van der Waals surface area contributed by atoms with Crippen molar-refractivity contribution in [3.63, 3.8) is 0 Å². The maximum Gasteiger partial charge on any atom is 0.137 e. The highest BCUT2D eigenvalue weighted by molar-refractivity contribution is 7.99. The van der Waals surface area contributed by atoms with Gasteiger partial charge in [0.15, 0.2) is 0 Å². The first-order chi connectivity index (χ1) is 9.78. The van der Waals surface area contributed by atoms with Crippen molar-refractivity contribution in [2.24, 2.45) is 0 Å². The summed E-state index contributed by atoms with van der Waals surface area (Å²) in [6, 6.07) is 15.3. The third kappa shape index (κ3) is 2.57. The monoisotopic (exact) mass is 286 g/mol. The Labute approximate surface area is 121 Å². The molecule has 0 amide bonds. The lowest BCUT2D eigenvalue weighted by Gasteiger charge is -2.08. The Hall–Kier alpha value is -1.78. The van der Waals surface area contributed by atoms with E-state index in [0.29, 0.717) is 11.4 Å². The van der Waals surface area contributed by atoms with Crippen LogP contribution in [-0.2, 0) is 6.54 Å². The molecule has 0 aliphatic carbocycles. The van der Waals surface area contributed by atoms with Gasteiger partial charge in [0.05, 0.1) is 9.92 Å². The molecule has 0 unspecified atom stereocenters. The number of hydrogen-bond acceptors (Lipinski definition) is 2. The van der Waals surface area contributed by atoms with Gasteiger partial charge in [-0.2, -0.15) is 0 Å². The Bertz CT molecular complexity index is 703. The molecule has 0 saturated carbocycles. The van der Waals surface area contributed by atoms with E-state index in [4.69, 9.17) is 0 Å². The quantitative estimate of drug-likeness (QED) is 0.753. The predicted octanol–water partition coefficient (Wildman–Crippen LogP) is 4.18. The molecule has 20 heavy (non-hydrogen) atoms. The molecule has 102 valence electrons. The minimum absolute atomic E-state index is 0.179. The van der Waals surface area contributed by atoms with Crippen molar-refractivity contribution in [2.75, 3.05) is 7.05 Å². The van der Waals surface area contributed by atoms with Gasteiger partial charge in [-0.05, 0) is 30.8 Å². The van der Waals surface area contributed by atoms with Crippen LogP contribution in [0.5, 0.6) is 0 Å². The zero-order valence-electron chi connectivity index (χ0n) is 11.1. The first-order valence-electron chi connectivity index (χ1n) is 6.45. The first kappa shape index (κ1) is 13.2. The fourth-order valence-electron chi connectivity index (χ4n) is 2.21. The second-order valence-corrected chi connectivity index (χ2v) is 5.63. The minimum Gasteiger partial charge on any atom is -0.349 e. The molecule has 2 aromatic carbocycles. The van der Waals surface area contributed by atoms with Gasteiger partial charge in [0.1, 0.15) is 5.82 Å². The Kier molecular flexibility index (Phi) is 3.76. The summed E-state index contributed by atoms with van der Waals surface area (Å²) >= 11 is 1.44. The highest BCUT2D eigenvalue weighted by atomic mass is 32.2. The molecule has 0 radical (unpaired) electrons. The highest BCUT2D eigenvalue weighted by Crippen LogP contribution is 2.33. The number of rotatable bonds is 4. The van der Waals surface area contributed by atoms with Crippen LogP contribution in [0.4, 0.5) is 4.39 Å². The number of H-pyrrole nitrogens is 1. The van der Waals surface area contributed by atoms with Crippen molar-refractivity contribution in [1.82, 2.24) is 10.3 Å². The van der Waals surface area contributed by atoms with Crippen LogP contribution in [0.1, 0.15) is 5.56 Å². The Morgan fingerprint density at radius 3 is 2.80 bits per heavy atom. The summed E-state index contributed by atoms with van der Waals surface area (Å²) in [4.78, 5) is 3.99. The smallest absolute Gasteiger partial charge is 0.137 e. The van der Waals surface area contributed by atoms with Gasteiger partial charge in [-0.1, -0.05) is 42.1 Å². The van der Waals surface area contributed by atoms with E-state index in [1.54, 1.807) is 6.07 Å². The van der Waals surface area contributed by atoms with Crippen LogP contribution in [0.2, 0.25) is 0 Å². The summed E-state index contributed by atoms with van der Waals surface area (Å²) in [6.45, 7) is 0.653. The molecule has 0 saturated heterocycles. The summed E-state index contributed by atoms with van der Waals surface area (Å²) < 4.78 is 14.1. The summed E-state index contributed by atoms with van der Waals surface area (Å²) in [5, 5.41) is 5.17. The van der Waals surface area contributed by atoms with E-state index in [-0.39, 0.29) is 5.82 Å². The van der Waals surface area contributed by atoms with E-state index in [0.717, 1.165) is 21.5 Å². The van der Waals surface area contributed by atoms with Crippen molar-refractivity contribution in [3.8, 4) is 0 Å². The van der Waals surface area contributed by atoms with Gasteiger partial charge in [0, 0.05) is 17.4 Å². The van der Waals surface area contributed by atoms with E-state index < -0.39 is 0 Å². The van der Waals surface area contributed by atoms with Crippen LogP contribution in [0.25, 0.3) is 10.9 Å². The lowest BCUT2D eigenvalue weighted by Crippen LogP contribution is -2.06. The van der Waals surface area contributed by atoms with Gasteiger partial charge in [-0.3, -0.25) is 0 Å². The summed E-state index contributed by atoms with van der Waals surface area (Å²) in [7, 11) is 1.86. The molecule has 0 aliphatic heterocycles. The largest absolute Gasteiger partial charge is 0.349 e. The van der Waals surface area contributed by atoms with Gasteiger partial charge in [0.25, 0.3) is 0 Å². The minimum atomic E-state index is -0.179. The van der Waals surface area contributed by atoms with Crippen LogP contribution < -0.4 is 5.32 Å². The molecule has 1 aromatic heterocycles. The van der Waals surface area contributed by atoms with Crippen molar-refractivity contribution in [1.29, 1.82) is 0 Å². The molecule has 2 N–H and O–H groups in total. The fraction of sp³-hybridized carbons (Fsp3) is 0.125. The van der Waals surface area contributed by atoms with Crippen LogP contribution in [0, 0.1) is 5.82 Å². The van der Waals surface area contributed by atoms with Crippen LogP contribution >= 0.6 is 11.8 Å². The van der Waals surface area contributed by atoms with Gasteiger partial charge in [-0.25, -0.2) is 4.39 Å². The van der Waals surface area contributed by atoms with Crippen molar-refractivity contribution in [3.05, 3.63) is 59.9 Å². The maximum atomic E-state index is 14.1. The Morgan fingerprint density at radius 1 is 1.15 bits per heavy atom. The van der Waals surface area contributed by atoms with Crippen LogP contribution in [0.15, 0.2) is 58.5 Å². The van der Waals surface area contributed by atoms with Gasteiger partial charge in [0.2, 0.25) is 0 Å². The molecule has 0 bridgehead atoms. The second kappa shape index (κ2) is 5.69. The number of fused-ring (bicyclic) bond motifs is 1. The molecule has 0 atom stereocenters. The number of aromatic amines is 1. The summed E-state index contributed by atoms with van der Waals surface area (Å²) in [5.74, 6) is -0.179. The number of hydrogen-bond donors (Lipinski definition) is 2. The Balaban J connectivity index is 1.97. The molecule has 0 aliphatic rings. The molecular formula is C16H15FN2S. The summed E-state index contributed by atoms with van der Waals surface area (Å²) in [5.41, 5.74) is 2.04. The van der Waals surface area contributed by atoms with Crippen molar-refractivity contribution >= 4 is 22.7 Å². The standard InChI is InChI=1S/C16H15FN2S/c1-18-10-12-6-4-7-13(17)16(12)20-15-9-11-5-2-3-8-14(11)19-15/h2-9,18-19H,10H2,1H3. The number of nitrogens with one attached hydrogen (secondary N) is 2. The Morgan fingerprint density at radius 2 is 2.00 bits per heavy atom. The average molecular weight is 286 g/mol. The third-order valence-electron chi connectivity index (χ3n) is 3.13. The molecule has 4 heteroatoms. The summed E-state index contributed by atoms with van der Waals surface area (Å²) in [6.07, 6.45) is 0. The number of halogens is 1. The lowest BCUT2D eigenvalue weighted by molar-refractivity contribution is 0.594. The predicted molar refractivity (Wildman–Crippen MR) is 81.6 cm³/mol. The molecule has 0 spiro atoms. The molecule has 1 heterocycles. The number of para-hydroxylation sites is 1. The van der Waals surface area contributed by atoms with Crippen LogP contribution in [0.3, 0.4) is 0 Å². The average Bonchev–Trinajstić information content (AvgIpc) is 2.85. The zero-order valence-corrected chi connectivity index (χ0v) is 11.9. The van der Waals surface area contributed by atoms with E-state index >= 15 is 0 Å². The van der Waals surface area contributed by atoms with Crippen molar-refractivity contribution < 1.29 is 4.39 Å².